The molecule has 3 rings (SSSR count). The minimum Gasteiger partial charge on any atom is -0.482 e. The van der Waals surface area contributed by atoms with Gasteiger partial charge in [-0.15, -0.1) is 0 Å². The summed E-state index contributed by atoms with van der Waals surface area (Å²) in [6.45, 7) is 4.36. The molecule has 0 saturated heterocycles. The highest BCUT2D eigenvalue weighted by atomic mass is 79.9. The van der Waals surface area contributed by atoms with E-state index in [1.54, 1.807) is 12.1 Å². The van der Waals surface area contributed by atoms with Gasteiger partial charge in [-0.05, 0) is 35.9 Å². The summed E-state index contributed by atoms with van der Waals surface area (Å²) in [5, 5.41) is 3.59. The first-order valence-corrected chi connectivity index (χ1v) is 9.69. The standard InChI is InChI=1S/C20H20BrClN2O3/c1-20(2,13-4-3-5-15(22)8-13)12-23-18(25)10-24-16-7-6-14(21)9-17(16)27-11-19(24)26/h3-9H,10-12H2,1-2H3,(H,23,25). The van der Waals surface area contributed by atoms with E-state index in [-0.39, 0.29) is 30.4 Å². The van der Waals surface area contributed by atoms with Crippen LogP contribution in [-0.4, -0.2) is 31.5 Å². The molecule has 0 aliphatic carbocycles. The summed E-state index contributed by atoms with van der Waals surface area (Å²) in [6.07, 6.45) is 0. The van der Waals surface area contributed by atoms with Gasteiger partial charge in [0.2, 0.25) is 5.91 Å². The summed E-state index contributed by atoms with van der Waals surface area (Å²) < 4.78 is 6.30. The van der Waals surface area contributed by atoms with Gasteiger partial charge in [0.05, 0.1) is 5.69 Å². The molecule has 0 atom stereocenters. The minimum atomic E-state index is -0.293. The van der Waals surface area contributed by atoms with Crippen molar-refractivity contribution < 1.29 is 14.3 Å². The summed E-state index contributed by atoms with van der Waals surface area (Å²) in [5.74, 6) is 0.110. The Labute approximate surface area is 171 Å². The lowest BCUT2D eigenvalue weighted by atomic mass is 9.84. The van der Waals surface area contributed by atoms with Crippen LogP contribution in [0.2, 0.25) is 5.02 Å². The molecule has 1 aliphatic rings. The Balaban J connectivity index is 1.67. The molecule has 1 N–H and O–H groups in total. The maximum atomic E-state index is 12.5. The smallest absolute Gasteiger partial charge is 0.265 e. The number of nitrogens with zero attached hydrogens (tertiary/aromatic N) is 1. The summed E-state index contributed by atoms with van der Waals surface area (Å²) in [7, 11) is 0. The fraction of sp³-hybridized carbons (Fsp3) is 0.300. The molecule has 27 heavy (non-hydrogen) atoms. The summed E-state index contributed by atoms with van der Waals surface area (Å²) in [4.78, 5) is 26.2. The van der Waals surface area contributed by atoms with Crippen molar-refractivity contribution in [3.63, 3.8) is 0 Å². The molecule has 142 valence electrons. The highest BCUT2D eigenvalue weighted by Gasteiger charge is 2.28. The first-order valence-electron chi connectivity index (χ1n) is 8.52. The number of ether oxygens (including phenoxy) is 1. The molecule has 2 amide bonds. The molecule has 2 aromatic rings. The van der Waals surface area contributed by atoms with E-state index in [0.29, 0.717) is 23.0 Å². The van der Waals surface area contributed by atoms with Crippen LogP contribution in [0.1, 0.15) is 19.4 Å². The van der Waals surface area contributed by atoms with Crippen LogP contribution in [0.5, 0.6) is 5.75 Å². The maximum absolute atomic E-state index is 12.5. The van der Waals surface area contributed by atoms with Crippen LogP contribution in [0, 0.1) is 0 Å². The number of rotatable bonds is 5. The summed E-state index contributed by atoms with van der Waals surface area (Å²) in [6, 6.07) is 13.0. The average molecular weight is 452 g/mol. The van der Waals surface area contributed by atoms with Crippen LogP contribution >= 0.6 is 27.5 Å². The second-order valence-corrected chi connectivity index (χ2v) is 8.40. The van der Waals surface area contributed by atoms with Crippen molar-refractivity contribution in [2.24, 2.45) is 0 Å². The van der Waals surface area contributed by atoms with Crippen LogP contribution in [0.15, 0.2) is 46.9 Å². The van der Waals surface area contributed by atoms with Gasteiger partial charge in [-0.25, -0.2) is 0 Å². The van der Waals surface area contributed by atoms with Crippen molar-refractivity contribution in [3.8, 4) is 5.75 Å². The number of carbonyl (C=O) groups is 2. The lowest BCUT2D eigenvalue weighted by Crippen LogP contribution is -2.47. The number of amides is 2. The second-order valence-electron chi connectivity index (χ2n) is 7.05. The Morgan fingerprint density at radius 2 is 2.07 bits per heavy atom. The number of hydrogen-bond acceptors (Lipinski definition) is 3. The van der Waals surface area contributed by atoms with E-state index in [1.165, 1.54) is 4.90 Å². The van der Waals surface area contributed by atoms with Crippen LogP contribution in [0.25, 0.3) is 0 Å². The predicted molar refractivity (Wildman–Crippen MR) is 109 cm³/mol. The minimum absolute atomic E-state index is 0.0531. The summed E-state index contributed by atoms with van der Waals surface area (Å²) >= 11 is 9.45. The molecule has 0 unspecified atom stereocenters. The van der Waals surface area contributed by atoms with Crippen molar-refractivity contribution in [2.45, 2.75) is 19.3 Å². The third-order valence-electron chi connectivity index (χ3n) is 4.50. The Morgan fingerprint density at radius 3 is 2.81 bits per heavy atom. The van der Waals surface area contributed by atoms with Crippen molar-refractivity contribution in [1.82, 2.24) is 5.32 Å². The number of carbonyl (C=O) groups excluding carboxylic acids is 2. The average Bonchev–Trinajstić information content (AvgIpc) is 2.62. The number of anilines is 1. The predicted octanol–water partition coefficient (Wildman–Crippen LogP) is 3.92. The molecule has 0 saturated carbocycles. The van der Waals surface area contributed by atoms with Crippen LogP contribution < -0.4 is 15.0 Å². The molecule has 1 heterocycles. The molecular weight excluding hydrogens is 432 g/mol. The van der Waals surface area contributed by atoms with Gasteiger partial charge in [0.25, 0.3) is 5.91 Å². The molecule has 7 heteroatoms. The molecule has 0 radical (unpaired) electrons. The zero-order valence-corrected chi connectivity index (χ0v) is 17.4. The van der Waals surface area contributed by atoms with E-state index < -0.39 is 0 Å². The molecule has 1 aliphatic heterocycles. The van der Waals surface area contributed by atoms with Gasteiger partial charge < -0.3 is 10.1 Å². The van der Waals surface area contributed by atoms with Gasteiger partial charge in [-0.1, -0.05) is 53.5 Å². The zero-order valence-electron chi connectivity index (χ0n) is 15.1. The topological polar surface area (TPSA) is 58.6 Å². The Bertz CT molecular complexity index is 885. The number of halogens is 2. The van der Waals surface area contributed by atoms with Crippen LogP contribution in [0.4, 0.5) is 5.69 Å². The third-order valence-corrected chi connectivity index (χ3v) is 5.23. The monoisotopic (exact) mass is 450 g/mol. The van der Waals surface area contributed by atoms with Crippen molar-refractivity contribution in [3.05, 3.63) is 57.5 Å². The van der Waals surface area contributed by atoms with E-state index in [1.807, 2.05) is 44.2 Å². The van der Waals surface area contributed by atoms with Crippen molar-refractivity contribution in [2.75, 3.05) is 24.6 Å². The van der Waals surface area contributed by atoms with E-state index >= 15 is 0 Å². The number of benzene rings is 2. The van der Waals surface area contributed by atoms with E-state index in [0.717, 1.165) is 10.0 Å². The van der Waals surface area contributed by atoms with Gasteiger partial charge in [-0.3, -0.25) is 14.5 Å². The highest BCUT2D eigenvalue weighted by molar-refractivity contribution is 9.10. The number of fused-ring (bicyclic) bond motifs is 1. The molecule has 0 fully saturated rings. The Kier molecular flexibility index (Phi) is 5.77. The lowest BCUT2D eigenvalue weighted by Gasteiger charge is -2.30. The molecule has 0 bridgehead atoms. The molecule has 5 nitrogen and oxygen atoms in total. The quantitative estimate of drug-likeness (QED) is 0.749. The lowest BCUT2D eigenvalue weighted by molar-refractivity contribution is -0.125. The zero-order chi connectivity index (χ0) is 19.6. The van der Waals surface area contributed by atoms with Gasteiger partial charge >= 0.3 is 0 Å². The second kappa shape index (κ2) is 7.90. The first kappa shape index (κ1) is 19.7. The van der Waals surface area contributed by atoms with Gasteiger partial charge in [-0.2, -0.15) is 0 Å². The highest BCUT2D eigenvalue weighted by Crippen LogP contribution is 2.34. The van der Waals surface area contributed by atoms with E-state index in [4.69, 9.17) is 16.3 Å². The van der Waals surface area contributed by atoms with Crippen molar-refractivity contribution >= 4 is 45.0 Å². The Morgan fingerprint density at radius 1 is 1.30 bits per heavy atom. The fourth-order valence-corrected chi connectivity index (χ4v) is 3.41. The van der Waals surface area contributed by atoms with Gasteiger partial charge in [0.15, 0.2) is 6.61 Å². The number of hydrogen-bond donors (Lipinski definition) is 1. The molecular formula is C20H20BrClN2O3. The van der Waals surface area contributed by atoms with Gasteiger partial charge in [0, 0.05) is 21.5 Å². The summed E-state index contributed by atoms with van der Waals surface area (Å²) in [5.41, 5.74) is 1.34. The maximum Gasteiger partial charge on any atom is 0.265 e. The van der Waals surface area contributed by atoms with Crippen LogP contribution in [-0.2, 0) is 15.0 Å². The van der Waals surface area contributed by atoms with E-state index in [9.17, 15) is 9.59 Å². The number of nitrogens with one attached hydrogen (secondary N) is 1. The normalized spacial score (nSPS) is 13.8. The van der Waals surface area contributed by atoms with Gasteiger partial charge in [0.1, 0.15) is 12.3 Å². The van der Waals surface area contributed by atoms with Crippen molar-refractivity contribution in [1.29, 1.82) is 0 Å². The Hall–Kier alpha value is -2.05. The largest absolute Gasteiger partial charge is 0.482 e. The SMILES string of the molecule is CC(C)(CNC(=O)CN1C(=O)COc2cc(Br)ccc21)c1cccc(Cl)c1. The molecule has 0 aromatic heterocycles. The third kappa shape index (κ3) is 4.62. The first-order chi connectivity index (χ1) is 12.8. The van der Waals surface area contributed by atoms with E-state index in [2.05, 4.69) is 21.2 Å². The van der Waals surface area contributed by atoms with Crippen LogP contribution in [0.3, 0.4) is 0 Å². The fourth-order valence-electron chi connectivity index (χ4n) is 2.88. The molecule has 0 spiro atoms. The molecule has 2 aromatic carbocycles.